The second-order valence-electron chi connectivity index (χ2n) is 11.6. The van der Waals surface area contributed by atoms with Gasteiger partial charge in [-0.1, -0.05) is 31.5 Å². The highest BCUT2D eigenvalue weighted by Crippen LogP contribution is 2.47. The minimum Gasteiger partial charge on any atom is -0.387 e. The second-order valence-corrected chi connectivity index (χ2v) is 13.2. The molecule has 2 saturated heterocycles. The molecule has 10 nitrogen and oxygen atoms in total. The summed E-state index contributed by atoms with van der Waals surface area (Å²) in [5.41, 5.74) is -1.32. The van der Waals surface area contributed by atoms with Gasteiger partial charge in [-0.2, -0.15) is 8.42 Å². The van der Waals surface area contributed by atoms with Gasteiger partial charge in [-0.3, -0.25) is 4.18 Å². The number of rotatable bonds is 7. The average molecular weight is 533 g/mol. The maximum absolute atomic E-state index is 12.8. The Labute approximate surface area is 213 Å². The van der Waals surface area contributed by atoms with Gasteiger partial charge in [-0.05, 0) is 53.7 Å². The van der Waals surface area contributed by atoms with Crippen molar-refractivity contribution < 1.29 is 46.9 Å². The lowest BCUT2D eigenvalue weighted by Gasteiger charge is -2.44. The van der Waals surface area contributed by atoms with Gasteiger partial charge in [0, 0.05) is 5.41 Å². The van der Waals surface area contributed by atoms with E-state index in [1.165, 1.54) is 12.1 Å². The van der Waals surface area contributed by atoms with Crippen LogP contribution in [0, 0.1) is 12.3 Å². The Morgan fingerprint density at radius 2 is 1.56 bits per heavy atom. The summed E-state index contributed by atoms with van der Waals surface area (Å²) >= 11 is 0. The molecule has 2 aliphatic rings. The standard InChI is InChI=1S/C25H40O10S/c1-14-9-11-15(12-10-14)36(29,30)31-13-16-19(17(26)18(27)21(32-16)34-23(2,3)4)33-22-20(28)24(5,6)25(7,8)35-22/h9-12,16-22,26-28H,13H2,1-8H3. The van der Waals surface area contributed by atoms with E-state index in [0.717, 1.165) is 5.56 Å². The average Bonchev–Trinajstić information content (AvgIpc) is 2.90. The lowest BCUT2D eigenvalue weighted by atomic mass is 9.75. The van der Waals surface area contributed by atoms with E-state index in [0.29, 0.717) is 0 Å². The number of hydrogen-bond acceptors (Lipinski definition) is 10. The first-order chi connectivity index (χ1) is 16.4. The molecule has 7 unspecified atom stereocenters. The maximum Gasteiger partial charge on any atom is 0.297 e. The maximum atomic E-state index is 12.8. The van der Waals surface area contributed by atoms with Gasteiger partial charge in [-0.25, -0.2) is 0 Å². The molecule has 2 fully saturated rings. The first kappa shape index (κ1) is 29.4. The molecule has 36 heavy (non-hydrogen) atoms. The fraction of sp³-hybridized carbons (Fsp3) is 0.760. The Morgan fingerprint density at radius 1 is 0.972 bits per heavy atom. The zero-order valence-corrected chi connectivity index (χ0v) is 23.0. The van der Waals surface area contributed by atoms with E-state index in [-0.39, 0.29) is 4.90 Å². The van der Waals surface area contributed by atoms with E-state index >= 15 is 0 Å². The Morgan fingerprint density at radius 3 is 2.06 bits per heavy atom. The smallest absolute Gasteiger partial charge is 0.297 e. The Hall–Kier alpha value is -1.15. The lowest BCUT2D eigenvalue weighted by molar-refractivity contribution is -0.343. The quantitative estimate of drug-likeness (QED) is 0.446. The number of benzene rings is 1. The van der Waals surface area contributed by atoms with Crippen LogP contribution in [-0.4, -0.2) is 84.6 Å². The highest BCUT2D eigenvalue weighted by Gasteiger charge is 2.58. The van der Waals surface area contributed by atoms with Crippen LogP contribution in [0.25, 0.3) is 0 Å². The second kappa shape index (κ2) is 10.2. The lowest BCUT2D eigenvalue weighted by Crippen LogP contribution is -2.62. The third-order valence-electron chi connectivity index (χ3n) is 7.06. The normalized spacial score (nSPS) is 34.6. The molecule has 1 aromatic carbocycles. The fourth-order valence-electron chi connectivity index (χ4n) is 4.04. The van der Waals surface area contributed by atoms with Gasteiger partial charge in [0.1, 0.15) is 30.5 Å². The highest BCUT2D eigenvalue weighted by molar-refractivity contribution is 7.86. The number of aryl methyl sites for hydroxylation is 1. The largest absolute Gasteiger partial charge is 0.387 e. The predicted octanol–water partition coefficient (Wildman–Crippen LogP) is 1.87. The SMILES string of the molecule is Cc1ccc(S(=O)(=O)OCC2OC(OC(C)(C)C)C(O)C(O)C2OC2OC(C)(C)C(C)(C)C2O)cc1. The molecule has 3 rings (SSSR count). The molecule has 0 bridgehead atoms. The van der Waals surface area contributed by atoms with Crippen LogP contribution in [0.15, 0.2) is 29.2 Å². The zero-order valence-electron chi connectivity index (χ0n) is 22.2. The summed E-state index contributed by atoms with van der Waals surface area (Å²) in [6.07, 6.45) is -9.06. The van der Waals surface area contributed by atoms with E-state index in [1.54, 1.807) is 32.9 Å². The number of ether oxygens (including phenoxy) is 4. The van der Waals surface area contributed by atoms with Gasteiger partial charge in [-0.15, -0.1) is 0 Å². The zero-order chi connectivity index (χ0) is 27.3. The van der Waals surface area contributed by atoms with Crippen molar-refractivity contribution in [1.29, 1.82) is 0 Å². The van der Waals surface area contributed by atoms with Crippen LogP contribution in [0.4, 0.5) is 0 Å². The third kappa shape index (κ3) is 6.11. The molecule has 11 heteroatoms. The monoisotopic (exact) mass is 532 g/mol. The molecule has 0 amide bonds. The van der Waals surface area contributed by atoms with Crippen LogP contribution in [-0.2, 0) is 33.2 Å². The highest BCUT2D eigenvalue weighted by atomic mass is 32.2. The van der Waals surface area contributed by atoms with E-state index < -0.39 is 76.4 Å². The van der Waals surface area contributed by atoms with Crippen LogP contribution >= 0.6 is 0 Å². The molecule has 3 N–H and O–H groups in total. The van der Waals surface area contributed by atoms with E-state index in [4.69, 9.17) is 23.1 Å². The molecule has 7 atom stereocenters. The Bertz CT molecular complexity index is 999. The van der Waals surface area contributed by atoms with Crippen LogP contribution in [0.3, 0.4) is 0 Å². The predicted molar refractivity (Wildman–Crippen MR) is 129 cm³/mol. The minimum atomic E-state index is -4.16. The number of aliphatic hydroxyl groups is 3. The molecule has 2 aliphatic heterocycles. The first-order valence-corrected chi connectivity index (χ1v) is 13.4. The van der Waals surface area contributed by atoms with Crippen molar-refractivity contribution in [3.63, 3.8) is 0 Å². The van der Waals surface area contributed by atoms with Gasteiger partial charge < -0.3 is 34.3 Å². The van der Waals surface area contributed by atoms with Gasteiger partial charge in [0.15, 0.2) is 12.6 Å². The molecule has 0 aromatic heterocycles. The molecule has 2 heterocycles. The minimum absolute atomic E-state index is 0.0394. The summed E-state index contributed by atoms with van der Waals surface area (Å²) in [6.45, 7) is 13.8. The number of aliphatic hydroxyl groups excluding tert-OH is 3. The van der Waals surface area contributed by atoms with Gasteiger partial charge in [0.25, 0.3) is 10.1 Å². The molecular formula is C25H40O10S. The van der Waals surface area contributed by atoms with E-state index in [1.807, 2.05) is 34.6 Å². The van der Waals surface area contributed by atoms with Gasteiger partial charge in [0.05, 0.1) is 22.7 Å². The summed E-state index contributed by atoms with van der Waals surface area (Å²) in [6, 6.07) is 6.15. The molecule has 206 valence electrons. The van der Waals surface area contributed by atoms with Crippen molar-refractivity contribution in [2.75, 3.05) is 6.61 Å². The van der Waals surface area contributed by atoms with E-state index in [2.05, 4.69) is 0 Å². The summed E-state index contributed by atoms with van der Waals surface area (Å²) < 4.78 is 54.4. The van der Waals surface area contributed by atoms with Crippen LogP contribution in [0.1, 0.15) is 54.0 Å². The molecule has 0 radical (unpaired) electrons. The third-order valence-corrected chi connectivity index (χ3v) is 8.35. The molecule has 0 spiro atoms. The van der Waals surface area contributed by atoms with Gasteiger partial charge >= 0.3 is 0 Å². The van der Waals surface area contributed by atoms with Crippen molar-refractivity contribution in [1.82, 2.24) is 0 Å². The number of hydrogen-bond donors (Lipinski definition) is 3. The Kier molecular flexibility index (Phi) is 8.33. The Balaban J connectivity index is 1.85. The molecule has 0 aliphatic carbocycles. The van der Waals surface area contributed by atoms with Gasteiger partial charge in [0.2, 0.25) is 0 Å². The van der Waals surface area contributed by atoms with E-state index in [9.17, 15) is 23.7 Å². The topological polar surface area (TPSA) is 141 Å². The van der Waals surface area contributed by atoms with Crippen LogP contribution in [0.5, 0.6) is 0 Å². The summed E-state index contributed by atoms with van der Waals surface area (Å²) in [4.78, 5) is -0.0394. The van der Waals surface area contributed by atoms with Crippen molar-refractivity contribution in [2.45, 2.75) is 115 Å². The molecular weight excluding hydrogens is 492 g/mol. The summed E-state index contributed by atoms with van der Waals surface area (Å²) in [7, 11) is -4.16. The summed E-state index contributed by atoms with van der Waals surface area (Å²) in [5.74, 6) is 0. The van der Waals surface area contributed by atoms with Crippen LogP contribution in [0.2, 0.25) is 0 Å². The van der Waals surface area contributed by atoms with Crippen LogP contribution < -0.4 is 0 Å². The van der Waals surface area contributed by atoms with Crippen molar-refractivity contribution in [3.8, 4) is 0 Å². The van der Waals surface area contributed by atoms with Crippen molar-refractivity contribution >= 4 is 10.1 Å². The molecule has 0 saturated carbocycles. The van der Waals surface area contributed by atoms with Crippen molar-refractivity contribution in [3.05, 3.63) is 29.8 Å². The van der Waals surface area contributed by atoms with Crippen molar-refractivity contribution in [2.24, 2.45) is 5.41 Å². The molecule has 1 aromatic rings. The summed E-state index contributed by atoms with van der Waals surface area (Å²) in [5, 5.41) is 32.6. The fourth-order valence-corrected chi connectivity index (χ4v) is 4.96. The first-order valence-electron chi connectivity index (χ1n) is 12.0.